The van der Waals surface area contributed by atoms with Crippen LogP contribution in [-0.2, 0) is 4.79 Å². The van der Waals surface area contributed by atoms with Crippen molar-refractivity contribution in [3.63, 3.8) is 0 Å². The van der Waals surface area contributed by atoms with Gasteiger partial charge < -0.3 is 5.32 Å². The molecule has 0 aliphatic carbocycles. The Labute approximate surface area is 139 Å². The summed E-state index contributed by atoms with van der Waals surface area (Å²) >= 11 is 0. The number of benzene rings is 2. The van der Waals surface area contributed by atoms with E-state index in [1.54, 1.807) is 12.1 Å². The maximum absolute atomic E-state index is 11.8. The van der Waals surface area contributed by atoms with Crippen LogP contribution in [0, 0.1) is 17.0 Å². The summed E-state index contributed by atoms with van der Waals surface area (Å²) < 4.78 is 0. The molecule has 24 heavy (non-hydrogen) atoms. The number of anilines is 1. The molecule has 1 amide bonds. The lowest BCUT2D eigenvalue weighted by molar-refractivity contribution is -0.384. The van der Waals surface area contributed by atoms with Crippen LogP contribution >= 0.6 is 0 Å². The van der Waals surface area contributed by atoms with E-state index in [1.807, 2.05) is 31.2 Å². The van der Waals surface area contributed by atoms with Crippen molar-refractivity contribution in [3.8, 4) is 0 Å². The minimum atomic E-state index is -0.474. The minimum absolute atomic E-state index is 0.00191. The van der Waals surface area contributed by atoms with Crippen LogP contribution in [-0.4, -0.2) is 17.4 Å². The minimum Gasteiger partial charge on any atom is -0.376 e. The summed E-state index contributed by atoms with van der Waals surface area (Å²) in [4.78, 5) is 22.0. The van der Waals surface area contributed by atoms with E-state index in [4.69, 9.17) is 0 Å². The molecule has 0 unspecified atom stereocenters. The summed E-state index contributed by atoms with van der Waals surface area (Å²) in [6.07, 6.45) is 0. The summed E-state index contributed by atoms with van der Waals surface area (Å²) in [6, 6.07) is 13.6. The van der Waals surface area contributed by atoms with Crippen LogP contribution < -0.4 is 16.2 Å². The third kappa shape index (κ3) is 4.84. The largest absolute Gasteiger partial charge is 0.376 e. The highest BCUT2D eigenvalue weighted by Crippen LogP contribution is 2.15. The van der Waals surface area contributed by atoms with Gasteiger partial charge >= 0.3 is 0 Å². The van der Waals surface area contributed by atoms with Crippen LogP contribution in [0.3, 0.4) is 0 Å². The first-order chi connectivity index (χ1) is 11.5. The van der Waals surface area contributed by atoms with Gasteiger partial charge in [0.1, 0.15) is 0 Å². The lowest BCUT2D eigenvalue weighted by Crippen LogP contribution is -2.39. The second-order valence-electron chi connectivity index (χ2n) is 5.18. The number of nitrogens with zero attached hydrogens (tertiary/aromatic N) is 1. The molecule has 7 nitrogen and oxygen atoms in total. The van der Waals surface area contributed by atoms with E-state index in [1.165, 1.54) is 12.1 Å². The van der Waals surface area contributed by atoms with E-state index >= 15 is 0 Å². The number of nitro benzene ring substituents is 1. The lowest BCUT2D eigenvalue weighted by Gasteiger charge is -2.12. The number of amides is 1. The van der Waals surface area contributed by atoms with Gasteiger partial charge in [0.25, 0.3) is 11.6 Å². The molecule has 0 bridgehead atoms. The highest BCUT2D eigenvalue weighted by atomic mass is 16.6. The van der Waals surface area contributed by atoms with Gasteiger partial charge in [-0.3, -0.25) is 25.8 Å². The van der Waals surface area contributed by atoms with Gasteiger partial charge in [-0.25, -0.2) is 0 Å². The Morgan fingerprint density at radius 2 is 1.88 bits per heavy atom. The highest BCUT2D eigenvalue weighted by Gasteiger charge is 2.06. The van der Waals surface area contributed by atoms with Crippen molar-refractivity contribution < 1.29 is 9.72 Å². The second kappa shape index (κ2) is 7.77. The third-order valence-corrected chi connectivity index (χ3v) is 3.25. The van der Waals surface area contributed by atoms with Crippen molar-refractivity contribution in [1.82, 2.24) is 10.9 Å². The first-order valence-corrected chi connectivity index (χ1v) is 7.25. The molecule has 0 aromatic heterocycles. The predicted octanol–water partition coefficient (Wildman–Crippen LogP) is 2.61. The van der Waals surface area contributed by atoms with Gasteiger partial charge in [-0.05, 0) is 42.3 Å². The molecule has 7 heteroatoms. The van der Waals surface area contributed by atoms with Crippen molar-refractivity contribution in [2.75, 3.05) is 11.9 Å². The van der Waals surface area contributed by atoms with E-state index in [0.717, 1.165) is 11.3 Å². The zero-order valence-electron chi connectivity index (χ0n) is 13.2. The Hall–Kier alpha value is -3.35. The molecule has 0 fully saturated rings. The van der Waals surface area contributed by atoms with E-state index < -0.39 is 4.92 Å². The fourth-order valence-electron chi connectivity index (χ4n) is 1.98. The summed E-state index contributed by atoms with van der Waals surface area (Å²) in [5.41, 5.74) is 8.25. The Kier molecular flexibility index (Phi) is 5.51. The number of rotatable bonds is 7. The van der Waals surface area contributed by atoms with Crippen LogP contribution in [0.1, 0.15) is 11.1 Å². The maximum Gasteiger partial charge on any atom is 0.269 e. The molecule has 3 N–H and O–H groups in total. The van der Waals surface area contributed by atoms with Gasteiger partial charge in [0, 0.05) is 17.8 Å². The number of carbonyl (C=O) groups is 1. The molecule has 0 radical (unpaired) electrons. The van der Waals surface area contributed by atoms with Crippen molar-refractivity contribution in [2.24, 2.45) is 0 Å². The average Bonchev–Trinajstić information content (AvgIpc) is 2.58. The van der Waals surface area contributed by atoms with Crippen LogP contribution in [0.25, 0.3) is 5.70 Å². The Balaban J connectivity index is 1.80. The monoisotopic (exact) mass is 326 g/mol. The van der Waals surface area contributed by atoms with Crippen molar-refractivity contribution in [1.29, 1.82) is 0 Å². The average molecular weight is 326 g/mol. The number of hydrogen-bond acceptors (Lipinski definition) is 5. The van der Waals surface area contributed by atoms with Gasteiger partial charge in [-0.2, -0.15) is 0 Å². The molecule has 0 atom stereocenters. The number of hydrazine groups is 1. The number of hydrogen-bond donors (Lipinski definition) is 3. The molecular weight excluding hydrogens is 308 g/mol. The van der Waals surface area contributed by atoms with Crippen molar-refractivity contribution in [3.05, 3.63) is 76.4 Å². The molecule has 0 aliphatic rings. The van der Waals surface area contributed by atoms with Gasteiger partial charge in [0.05, 0.1) is 17.2 Å². The molecule has 2 rings (SSSR count). The summed E-state index contributed by atoms with van der Waals surface area (Å²) in [7, 11) is 0. The van der Waals surface area contributed by atoms with E-state index in [0.29, 0.717) is 11.3 Å². The van der Waals surface area contributed by atoms with Crippen molar-refractivity contribution in [2.45, 2.75) is 6.92 Å². The topological polar surface area (TPSA) is 96.3 Å². The van der Waals surface area contributed by atoms with Crippen LogP contribution in [0.5, 0.6) is 0 Å². The standard InChI is InChI=1S/C17H18N4O3/c1-12-4-3-5-15(10-12)18-11-17(22)20-19-13(2)14-6-8-16(9-7-14)21(23)24/h3-10,18-19H,2,11H2,1H3,(H,20,22). The SMILES string of the molecule is C=C(NNC(=O)CNc1cccc(C)c1)c1ccc([N+](=O)[O-])cc1. The Bertz CT molecular complexity index is 757. The number of non-ortho nitro benzene ring substituents is 1. The van der Waals surface area contributed by atoms with Gasteiger partial charge in [0.15, 0.2) is 0 Å². The zero-order valence-corrected chi connectivity index (χ0v) is 13.2. The van der Waals surface area contributed by atoms with E-state index in [9.17, 15) is 14.9 Å². The molecule has 0 saturated carbocycles. The van der Waals surface area contributed by atoms with Crippen LogP contribution in [0.2, 0.25) is 0 Å². The van der Waals surface area contributed by atoms with Crippen LogP contribution in [0.15, 0.2) is 55.1 Å². The third-order valence-electron chi connectivity index (χ3n) is 3.25. The maximum atomic E-state index is 11.8. The highest BCUT2D eigenvalue weighted by molar-refractivity contribution is 5.81. The Morgan fingerprint density at radius 3 is 2.50 bits per heavy atom. The van der Waals surface area contributed by atoms with Gasteiger partial charge in [-0.15, -0.1) is 0 Å². The van der Waals surface area contributed by atoms with E-state index in [-0.39, 0.29) is 18.1 Å². The van der Waals surface area contributed by atoms with Crippen LogP contribution in [0.4, 0.5) is 11.4 Å². The van der Waals surface area contributed by atoms with Gasteiger partial charge in [0.2, 0.25) is 0 Å². The smallest absolute Gasteiger partial charge is 0.269 e. The summed E-state index contributed by atoms with van der Waals surface area (Å²) in [5, 5.41) is 13.6. The molecule has 124 valence electrons. The molecule has 2 aromatic carbocycles. The lowest BCUT2D eigenvalue weighted by atomic mass is 10.1. The first kappa shape index (κ1) is 17.0. The Morgan fingerprint density at radius 1 is 1.17 bits per heavy atom. The fourth-order valence-corrected chi connectivity index (χ4v) is 1.98. The first-order valence-electron chi connectivity index (χ1n) is 7.25. The molecule has 0 saturated heterocycles. The van der Waals surface area contributed by atoms with Gasteiger partial charge in [-0.1, -0.05) is 18.7 Å². The molecule has 0 aliphatic heterocycles. The summed E-state index contributed by atoms with van der Waals surface area (Å²) in [5.74, 6) is -0.264. The number of carbonyl (C=O) groups excluding carboxylic acids is 1. The zero-order chi connectivity index (χ0) is 17.5. The second-order valence-corrected chi connectivity index (χ2v) is 5.18. The fraction of sp³-hybridized carbons (Fsp3) is 0.118. The molecule has 0 heterocycles. The normalized spacial score (nSPS) is 9.88. The molecule has 0 spiro atoms. The number of nitro groups is 1. The molecule has 2 aromatic rings. The predicted molar refractivity (Wildman–Crippen MR) is 93.1 cm³/mol. The number of nitrogens with one attached hydrogen (secondary N) is 3. The quantitative estimate of drug-likeness (QED) is 0.537. The summed E-state index contributed by atoms with van der Waals surface area (Å²) in [6.45, 7) is 5.86. The molecular formula is C17H18N4O3. The van der Waals surface area contributed by atoms with E-state index in [2.05, 4.69) is 22.7 Å². The van der Waals surface area contributed by atoms with Crippen molar-refractivity contribution >= 4 is 23.0 Å². The number of aryl methyl sites for hydroxylation is 1.